The highest BCUT2D eigenvalue weighted by atomic mass is 16.5. The van der Waals surface area contributed by atoms with Crippen molar-refractivity contribution in [3.63, 3.8) is 0 Å². The summed E-state index contributed by atoms with van der Waals surface area (Å²) in [7, 11) is 0. The highest BCUT2D eigenvalue weighted by molar-refractivity contribution is 6.05. The molecule has 0 aliphatic heterocycles. The highest BCUT2D eigenvalue weighted by Crippen LogP contribution is 2.30. The lowest BCUT2D eigenvalue weighted by molar-refractivity contribution is 0.0438. The number of hydrogen-bond donors (Lipinski definition) is 0. The first-order valence-corrected chi connectivity index (χ1v) is 7.59. The average molecular weight is 309 g/mol. The number of carbonyl (C=O) groups excluding carboxylic acids is 1. The lowest BCUT2D eigenvalue weighted by atomic mass is 10.0. The lowest BCUT2D eigenvalue weighted by Gasteiger charge is -2.11. The number of para-hydroxylation sites is 1. The van der Waals surface area contributed by atoms with Crippen molar-refractivity contribution in [1.29, 1.82) is 0 Å². The number of benzene rings is 1. The van der Waals surface area contributed by atoms with Crippen LogP contribution in [-0.2, 0) is 24.2 Å². The molecule has 6 nitrogen and oxygen atoms in total. The van der Waals surface area contributed by atoms with Gasteiger partial charge < -0.3 is 9.15 Å². The van der Waals surface area contributed by atoms with Crippen molar-refractivity contribution >= 4 is 16.9 Å². The molecular weight excluding hydrogens is 294 g/mol. The number of pyridine rings is 1. The molecule has 1 aromatic carbocycles. The fraction of sp³-hybridized carbons (Fsp3) is 0.294. The van der Waals surface area contributed by atoms with Crippen LogP contribution in [0, 0.1) is 6.92 Å². The number of hydrogen-bond acceptors (Lipinski definition) is 6. The Morgan fingerprint density at radius 3 is 2.96 bits per heavy atom. The Kier molecular flexibility index (Phi) is 3.29. The van der Waals surface area contributed by atoms with E-state index < -0.39 is 0 Å². The maximum absolute atomic E-state index is 12.7. The summed E-state index contributed by atoms with van der Waals surface area (Å²) < 4.78 is 10.6. The van der Waals surface area contributed by atoms with Gasteiger partial charge in [-0.1, -0.05) is 18.2 Å². The molecule has 2 aromatic heterocycles. The normalized spacial score (nSPS) is 13.3. The van der Waals surface area contributed by atoms with Gasteiger partial charge in [-0.15, -0.1) is 10.2 Å². The third-order valence-electron chi connectivity index (χ3n) is 4.02. The van der Waals surface area contributed by atoms with Crippen molar-refractivity contribution in [2.75, 3.05) is 0 Å². The summed E-state index contributed by atoms with van der Waals surface area (Å²) in [5.41, 5.74) is 3.47. The van der Waals surface area contributed by atoms with E-state index in [-0.39, 0.29) is 12.6 Å². The molecule has 4 rings (SSSR count). The third-order valence-corrected chi connectivity index (χ3v) is 4.02. The minimum atomic E-state index is -0.363. The molecule has 0 bridgehead atoms. The summed E-state index contributed by atoms with van der Waals surface area (Å²) in [6.45, 7) is 1.67. The van der Waals surface area contributed by atoms with E-state index in [0.29, 0.717) is 17.3 Å². The van der Waals surface area contributed by atoms with Crippen LogP contribution >= 0.6 is 0 Å². The maximum Gasteiger partial charge on any atom is 0.339 e. The van der Waals surface area contributed by atoms with Gasteiger partial charge in [-0.2, -0.15) is 0 Å². The van der Waals surface area contributed by atoms with Crippen LogP contribution in [0.1, 0.15) is 39.8 Å². The standard InChI is InChI=1S/C17H15N3O3/c1-10-19-20-15(23-10)9-22-17(21)16-11-5-2-3-7-13(11)18-14-8-4-6-12(14)16/h2-3,5,7H,4,6,8-9H2,1H3. The molecule has 1 aliphatic rings. The first-order valence-electron chi connectivity index (χ1n) is 7.59. The van der Waals surface area contributed by atoms with Crippen LogP contribution in [-0.4, -0.2) is 21.2 Å². The molecule has 0 atom stereocenters. The summed E-state index contributed by atoms with van der Waals surface area (Å²) >= 11 is 0. The van der Waals surface area contributed by atoms with E-state index in [1.54, 1.807) is 6.92 Å². The van der Waals surface area contributed by atoms with E-state index in [2.05, 4.69) is 15.2 Å². The molecule has 116 valence electrons. The number of nitrogens with zero attached hydrogens (tertiary/aromatic N) is 3. The van der Waals surface area contributed by atoms with Crippen LogP contribution in [0.2, 0.25) is 0 Å². The van der Waals surface area contributed by atoms with E-state index in [1.165, 1.54) is 0 Å². The summed E-state index contributed by atoms with van der Waals surface area (Å²) in [5, 5.41) is 8.40. The summed E-state index contributed by atoms with van der Waals surface area (Å²) in [6, 6.07) is 7.66. The van der Waals surface area contributed by atoms with Crippen LogP contribution in [0.15, 0.2) is 28.7 Å². The molecule has 2 heterocycles. The van der Waals surface area contributed by atoms with E-state index >= 15 is 0 Å². The molecule has 0 N–H and O–H groups in total. The zero-order valence-electron chi connectivity index (χ0n) is 12.7. The molecule has 0 saturated heterocycles. The van der Waals surface area contributed by atoms with Crippen LogP contribution < -0.4 is 0 Å². The van der Waals surface area contributed by atoms with E-state index in [1.807, 2.05) is 24.3 Å². The fourth-order valence-electron chi connectivity index (χ4n) is 3.04. The van der Waals surface area contributed by atoms with Gasteiger partial charge in [0.25, 0.3) is 5.89 Å². The minimum Gasteiger partial charge on any atom is -0.452 e. The van der Waals surface area contributed by atoms with Crippen molar-refractivity contribution in [2.24, 2.45) is 0 Å². The molecule has 0 radical (unpaired) electrons. The Bertz CT molecular complexity index is 901. The second-order valence-electron chi connectivity index (χ2n) is 5.57. The molecule has 0 unspecified atom stereocenters. The van der Waals surface area contributed by atoms with Crippen LogP contribution in [0.4, 0.5) is 0 Å². The van der Waals surface area contributed by atoms with Crippen molar-refractivity contribution in [2.45, 2.75) is 32.8 Å². The second-order valence-corrected chi connectivity index (χ2v) is 5.57. The number of aromatic nitrogens is 3. The molecule has 0 fully saturated rings. The van der Waals surface area contributed by atoms with Gasteiger partial charge in [0, 0.05) is 18.0 Å². The number of rotatable bonds is 3. The molecule has 0 spiro atoms. The number of ether oxygens (including phenoxy) is 1. The second kappa shape index (κ2) is 5.46. The van der Waals surface area contributed by atoms with Crippen LogP contribution in [0.3, 0.4) is 0 Å². The summed E-state index contributed by atoms with van der Waals surface area (Å²) in [4.78, 5) is 17.3. The van der Waals surface area contributed by atoms with Gasteiger partial charge >= 0.3 is 5.97 Å². The Hall–Kier alpha value is -2.76. The minimum absolute atomic E-state index is 0.0227. The zero-order valence-corrected chi connectivity index (χ0v) is 12.7. The third kappa shape index (κ3) is 2.46. The number of fused-ring (bicyclic) bond motifs is 2. The first-order chi connectivity index (χ1) is 11.2. The monoisotopic (exact) mass is 309 g/mol. The van der Waals surface area contributed by atoms with Crippen molar-refractivity contribution < 1.29 is 13.9 Å². The lowest BCUT2D eigenvalue weighted by Crippen LogP contribution is -2.10. The molecule has 1 aliphatic carbocycles. The SMILES string of the molecule is Cc1nnc(COC(=O)c2c3c(nc4ccccc24)CCC3)o1. The van der Waals surface area contributed by atoms with Crippen molar-refractivity contribution in [3.05, 3.63) is 52.9 Å². The molecule has 3 aromatic rings. The van der Waals surface area contributed by atoms with E-state index in [4.69, 9.17) is 9.15 Å². The molecule has 6 heteroatoms. The molecule has 23 heavy (non-hydrogen) atoms. The highest BCUT2D eigenvalue weighted by Gasteiger charge is 2.25. The predicted molar refractivity (Wildman–Crippen MR) is 81.9 cm³/mol. The van der Waals surface area contributed by atoms with Gasteiger partial charge in [-0.3, -0.25) is 4.98 Å². The zero-order chi connectivity index (χ0) is 15.8. The summed E-state index contributed by atoms with van der Waals surface area (Å²) in [6.07, 6.45) is 2.78. The van der Waals surface area contributed by atoms with E-state index in [0.717, 1.165) is 41.4 Å². The van der Waals surface area contributed by atoms with Crippen molar-refractivity contribution in [1.82, 2.24) is 15.2 Å². The fourth-order valence-corrected chi connectivity index (χ4v) is 3.04. The number of aryl methyl sites for hydroxylation is 2. The van der Waals surface area contributed by atoms with E-state index in [9.17, 15) is 4.79 Å². The largest absolute Gasteiger partial charge is 0.452 e. The van der Waals surface area contributed by atoms with Gasteiger partial charge in [-0.25, -0.2) is 4.79 Å². The Balaban J connectivity index is 1.71. The van der Waals surface area contributed by atoms with Gasteiger partial charge in [0.1, 0.15) is 0 Å². The molecular formula is C17H15N3O3. The van der Waals surface area contributed by atoms with Crippen molar-refractivity contribution in [3.8, 4) is 0 Å². The quantitative estimate of drug-likeness (QED) is 0.692. The number of carbonyl (C=O) groups is 1. The Morgan fingerprint density at radius 1 is 1.26 bits per heavy atom. The van der Waals surface area contributed by atoms with Gasteiger partial charge in [-0.05, 0) is 30.9 Å². The molecule has 0 amide bonds. The summed E-state index contributed by atoms with van der Waals surface area (Å²) in [5.74, 6) is 0.384. The van der Waals surface area contributed by atoms with Gasteiger partial charge in [0.2, 0.25) is 5.89 Å². The van der Waals surface area contributed by atoms with Crippen LogP contribution in [0.5, 0.6) is 0 Å². The Morgan fingerprint density at radius 2 is 2.13 bits per heavy atom. The predicted octanol–water partition coefficient (Wildman–Crippen LogP) is 2.77. The molecule has 0 saturated carbocycles. The first kappa shape index (κ1) is 13.9. The smallest absolute Gasteiger partial charge is 0.339 e. The van der Waals surface area contributed by atoms with Crippen LogP contribution in [0.25, 0.3) is 10.9 Å². The number of esters is 1. The topological polar surface area (TPSA) is 78.1 Å². The maximum atomic E-state index is 12.7. The van der Waals surface area contributed by atoms with Gasteiger partial charge in [0.15, 0.2) is 6.61 Å². The van der Waals surface area contributed by atoms with Gasteiger partial charge in [0.05, 0.1) is 11.1 Å². The Labute approximate surface area is 132 Å². The average Bonchev–Trinajstić information content (AvgIpc) is 3.18.